The highest BCUT2D eigenvalue weighted by atomic mass is 35.5. The molecule has 4 nitrogen and oxygen atoms in total. The van der Waals surface area contributed by atoms with Gasteiger partial charge in [-0.15, -0.1) is 0 Å². The standard InChI is InChI=1S/C22H15Cl2N3OS/c1-14-6-5-9-20(25-14)26-22-27(17-7-3-2-4-8-17)21(28)19(29-22)12-15-10-11-16(23)13-18(15)24/h2-13H,1H3/b19-12-,26-22+. The maximum Gasteiger partial charge on any atom is 0.271 e. The van der Waals surface area contributed by atoms with Crippen LogP contribution in [0.4, 0.5) is 11.5 Å². The number of aryl methyl sites for hydroxylation is 1. The molecule has 144 valence electrons. The molecule has 1 aliphatic rings. The number of benzene rings is 2. The molecule has 0 spiro atoms. The Morgan fingerprint density at radius 1 is 1.03 bits per heavy atom. The van der Waals surface area contributed by atoms with E-state index in [2.05, 4.69) is 9.98 Å². The minimum absolute atomic E-state index is 0.168. The number of carbonyl (C=O) groups is 1. The van der Waals surface area contributed by atoms with Crippen molar-refractivity contribution in [2.75, 3.05) is 4.90 Å². The number of para-hydroxylation sites is 1. The molecule has 0 radical (unpaired) electrons. The minimum Gasteiger partial charge on any atom is -0.268 e. The number of halogens is 2. The van der Waals surface area contributed by atoms with Crippen LogP contribution in [0.5, 0.6) is 0 Å². The quantitative estimate of drug-likeness (QED) is 0.437. The van der Waals surface area contributed by atoms with Crippen LogP contribution in [-0.4, -0.2) is 16.1 Å². The van der Waals surface area contributed by atoms with Crippen LogP contribution >= 0.6 is 35.0 Å². The molecule has 4 rings (SSSR count). The van der Waals surface area contributed by atoms with Crippen molar-refractivity contribution in [1.82, 2.24) is 4.98 Å². The normalized spacial score (nSPS) is 16.8. The summed E-state index contributed by atoms with van der Waals surface area (Å²) in [6.45, 7) is 1.90. The summed E-state index contributed by atoms with van der Waals surface area (Å²) in [5.74, 6) is 0.380. The Morgan fingerprint density at radius 2 is 1.83 bits per heavy atom. The Bertz CT molecular complexity index is 1150. The molecule has 3 aromatic rings. The molecule has 0 aliphatic carbocycles. The van der Waals surface area contributed by atoms with E-state index in [1.807, 2.05) is 55.5 Å². The lowest BCUT2D eigenvalue weighted by atomic mass is 10.2. The summed E-state index contributed by atoms with van der Waals surface area (Å²) in [4.78, 5) is 24.4. The van der Waals surface area contributed by atoms with E-state index >= 15 is 0 Å². The van der Waals surface area contributed by atoms with Gasteiger partial charge in [-0.25, -0.2) is 9.98 Å². The molecule has 1 aliphatic heterocycles. The average Bonchev–Trinajstić information content (AvgIpc) is 2.99. The minimum atomic E-state index is -0.168. The molecule has 0 atom stereocenters. The summed E-state index contributed by atoms with van der Waals surface area (Å²) in [5.41, 5.74) is 2.31. The van der Waals surface area contributed by atoms with Gasteiger partial charge in [0.2, 0.25) is 0 Å². The summed E-state index contributed by atoms with van der Waals surface area (Å²) in [7, 11) is 0. The van der Waals surface area contributed by atoms with Crippen molar-refractivity contribution in [3.63, 3.8) is 0 Å². The van der Waals surface area contributed by atoms with Crippen LogP contribution in [-0.2, 0) is 4.79 Å². The van der Waals surface area contributed by atoms with Crippen LogP contribution in [0.15, 0.2) is 76.6 Å². The van der Waals surface area contributed by atoms with Crippen LogP contribution < -0.4 is 4.90 Å². The van der Waals surface area contributed by atoms with Crippen LogP contribution in [0.3, 0.4) is 0 Å². The highest BCUT2D eigenvalue weighted by Gasteiger charge is 2.35. The Balaban J connectivity index is 1.79. The predicted molar refractivity (Wildman–Crippen MR) is 122 cm³/mol. The molecule has 0 bridgehead atoms. The Labute approximate surface area is 182 Å². The molecule has 1 amide bonds. The molecule has 0 saturated carbocycles. The molecular formula is C22H15Cl2N3OS. The van der Waals surface area contributed by atoms with Gasteiger partial charge >= 0.3 is 0 Å². The third kappa shape index (κ3) is 4.37. The van der Waals surface area contributed by atoms with Crippen molar-refractivity contribution in [1.29, 1.82) is 0 Å². The fourth-order valence-electron chi connectivity index (χ4n) is 2.80. The third-order valence-corrected chi connectivity index (χ3v) is 5.68. The van der Waals surface area contributed by atoms with Gasteiger partial charge in [-0.3, -0.25) is 9.69 Å². The highest BCUT2D eigenvalue weighted by Crippen LogP contribution is 2.38. The highest BCUT2D eigenvalue weighted by molar-refractivity contribution is 8.19. The van der Waals surface area contributed by atoms with Crippen molar-refractivity contribution in [3.8, 4) is 0 Å². The third-order valence-electron chi connectivity index (χ3n) is 4.15. The van der Waals surface area contributed by atoms with Gasteiger partial charge in [-0.1, -0.05) is 53.5 Å². The molecule has 1 saturated heterocycles. The average molecular weight is 440 g/mol. The SMILES string of the molecule is Cc1cccc(/N=C2/S/C(=C\c3ccc(Cl)cc3Cl)C(=O)N2c2ccccc2)n1. The molecule has 1 aromatic heterocycles. The second kappa shape index (κ2) is 8.41. The summed E-state index contributed by atoms with van der Waals surface area (Å²) >= 11 is 13.6. The predicted octanol–water partition coefficient (Wildman–Crippen LogP) is 6.51. The van der Waals surface area contributed by atoms with Gasteiger partial charge in [0.25, 0.3) is 5.91 Å². The van der Waals surface area contributed by atoms with E-state index in [1.165, 1.54) is 11.8 Å². The zero-order valence-corrected chi connectivity index (χ0v) is 17.7. The second-order valence-corrected chi connectivity index (χ2v) is 8.14. The van der Waals surface area contributed by atoms with Gasteiger partial charge in [0.15, 0.2) is 11.0 Å². The number of rotatable bonds is 3. The van der Waals surface area contributed by atoms with Crippen LogP contribution in [0, 0.1) is 6.92 Å². The summed E-state index contributed by atoms with van der Waals surface area (Å²) in [6.07, 6.45) is 1.76. The zero-order chi connectivity index (χ0) is 20.4. The van der Waals surface area contributed by atoms with Gasteiger partial charge in [0, 0.05) is 15.7 Å². The maximum absolute atomic E-state index is 13.2. The van der Waals surface area contributed by atoms with Gasteiger partial charge < -0.3 is 0 Å². The van der Waals surface area contributed by atoms with E-state index in [-0.39, 0.29) is 5.91 Å². The van der Waals surface area contributed by atoms with Crippen molar-refractivity contribution in [2.45, 2.75) is 6.92 Å². The van der Waals surface area contributed by atoms with E-state index in [0.29, 0.717) is 25.9 Å². The lowest BCUT2D eigenvalue weighted by molar-refractivity contribution is -0.113. The Morgan fingerprint density at radius 3 is 2.55 bits per heavy atom. The monoisotopic (exact) mass is 439 g/mol. The summed E-state index contributed by atoms with van der Waals surface area (Å²) in [6, 6.07) is 20.2. The van der Waals surface area contributed by atoms with Gasteiger partial charge in [0.1, 0.15) is 0 Å². The van der Waals surface area contributed by atoms with E-state index in [9.17, 15) is 4.79 Å². The number of hydrogen-bond acceptors (Lipinski definition) is 4. The van der Waals surface area contributed by atoms with E-state index in [0.717, 1.165) is 16.9 Å². The van der Waals surface area contributed by atoms with E-state index in [4.69, 9.17) is 23.2 Å². The van der Waals surface area contributed by atoms with E-state index < -0.39 is 0 Å². The molecule has 2 aromatic carbocycles. The fourth-order valence-corrected chi connectivity index (χ4v) is 4.25. The molecule has 0 N–H and O–H groups in total. The van der Waals surface area contributed by atoms with Crippen molar-refractivity contribution in [2.24, 2.45) is 4.99 Å². The topological polar surface area (TPSA) is 45.6 Å². The number of thioether (sulfide) groups is 1. The largest absolute Gasteiger partial charge is 0.271 e. The Kier molecular flexibility index (Phi) is 5.72. The number of carbonyl (C=O) groups excluding carboxylic acids is 1. The first kappa shape index (κ1) is 19.7. The lowest BCUT2D eigenvalue weighted by Gasteiger charge is -2.15. The van der Waals surface area contributed by atoms with Crippen molar-refractivity contribution in [3.05, 3.63) is 92.9 Å². The van der Waals surface area contributed by atoms with Gasteiger partial charge in [-0.05, 0) is 66.7 Å². The first-order valence-electron chi connectivity index (χ1n) is 8.78. The molecule has 7 heteroatoms. The lowest BCUT2D eigenvalue weighted by Crippen LogP contribution is -2.28. The number of aliphatic imine (C=N–C) groups is 1. The number of pyridine rings is 1. The molecule has 1 fully saturated rings. The van der Waals surface area contributed by atoms with Crippen LogP contribution in [0.2, 0.25) is 10.0 Å². The second-order valence-electron chi connectivity index (χ2n) is 6.28. The molecule has 2 heterocycles. The first-order chi connectivity index (χ1) is 14.0. The smallest absolute Gasteiger partial charge is 0.268 e. The number of amidine groups is 1. The van der Waals surface area contributed by atoms with Gasteiger partial charge in [-0.2, -0.15) is 0 Å². The molecular weight excluding hydrogens is 425 g/mol. The van der Waals surface area contributed by atoms with Crippen LogP contribution in [0.1, 0.15) is 11.3 Å². The van der Waals surface area contributed by atoms with E-state index in [1.54, 1.807) is 29.2 Å². The molecule has 0 unspecified atom stereocenters. The summed E-state index contributed by atoms with van der Waals surface area (Å²) < 4.78 is 0. The van der Waals surface area contributed by atoms with Crippen molar-refractivity contribution < 1.29 is 4.79 Å². The zero-order valence-electron chi connectivity index (χ0n) is 15.3. The first-order valence-corrected chi connectivity index (χ1v) is 10.3. The maximum atomic E-state index is 13.2. The Hall–Kier alpha value is -2.60. The van der Waals surface area contributed by atoms with Crippen LogP contribution in [0.25, 0.3) is 6.08 Å². The summed E-state index contributed by atoms with van der Waals surface area (Å²) in [5, 5.41) is 1.56. The molecule has 29 heavy (non-hydrogen) atoms. The number of nitrogens with zero attached hydrogens (tertiary/aromatic N) is 3. The number of aromatic nitrogens is 1. The van der Waals surface area contributed by atoms with Crippen molar-refractivity contribution >= 4 is 63.6 Å². The fraction of sp³-hybridized carbons (Fsp3) is 0.0455. The number of amides is 1. The number of hydrogen-bond donors (Lipinski definition) is 0. The van der Waals surface area contributed by atoms with Gasteiger partial charge in [0.05, 0.1) is 10.6 Å². The number of anilines is 1.